The topological polar surface area (TPSA) is 21.3 Å². The summed E-state index contributed by atoms with van der Waals surface area (Å²) in [6, 6.07) is 6.78. The van der Waals surface area contributed by atoms with Gasteiger partial charge in [0.2, 0.25) is 0 Å². The first-order chi connectivity index (χ1) is 8.59. The molecule has 1 N–H and O–H groups in total. The van der Waals surface area contributed by atoms with Gasteiger partial charge in [-0.25, -0.2) is 4.39 Å². The maximum absolute atomic E-state index is 14.0. The van der Waals surface area contributed by atoms with Gasteiger partial charge >= 0.3 is 0 Å². The molecule has 3 heteroatoms. The quantitative estimate of drug-likeness (QED) is 0.800. The third-order valence-corrected chi connectivity index (χ3v) is 3.59. The molecule has 0 saturated heterocycles. The van der Waals surface area contributed by atoms with Crippen molar-refractivity contribution >= 4 is 0 Å². The first-order valence-electron chi connectivity index (χ1n) is 6.62. The molecule has 0 aliphatic rings. The molecule has 0 aliphatic heterocycles. The fraction of sp³-hybridized carbons (Fsp3) is 0.600. The second kappa shape index (κ2) is 6.86. The zero-order valence-electron chi connectivity index (χ0n) is 11.8. The molecule has 0 fully saturated rings. The predicted molar refractivity (Wildman–Crippen MR) is 73.1 cm³/mol. The second-order valence-corrected chi connectivity index (χ2v) is 4.78. The highest BCUT2D eigenvalue weighted by Crippen LogP contribution is 2.32. The van der Waals surface area contributed by atoms with Gasteiger partial charge in [-0.2, -0.15) is 0 Å². The lowest BCUT2D eigenvalue weighted by Crippen LogP contribution is -2.43. The van der Waals surface area contributed by atoms with Crippen molar-refractivity contribution < 1.29 is 9.13 Å². The molecule has 2 nitrogen and oxygen atoms in total. The molecule has 0 aliphatic carbocycles. The Morgan fingerprint density at radius 1 is 1.33 bits per heavy atom. The van der Waals surface area contributed by atoms with Crippen LogP contribution in [0.25, 0.3) is 0 Å². The summed E-state index contributed by atoms with van der Waals surface area (Å²) >= 11 is 0. The average Bonchev–Trinajstić information content (AvgIpc) is 2.40. The summed E-state index contributed by atoms with van der Waals surface area (Å²) < 4.78 is 19.6. The Balaban J connectivity index is 3.09. The molecule has 0 bridgehead atoms. The van der Waals surface area contributed by atoms with Crippen molar-refractivity contribution in [1.82, 2.24) is 5.32 Å². The van der Waals surface area contributed by atoms with Gasteiger partial charge in [0.25, 0.3) is 0 Å². The standard InChI is InChI=1S/C15H24FNO/c1-5-11-17-14(15(3,6-2)18-4)12-9-7-8-10-13(12)16/h7-10,14,17H,5-6,11H2,1-4H3. The molecule has 1 rings (SSSR count). The van der Waals surface area contributed by atoms with Crippen molar-refractivity contribution in [3.05, 3.63) is 35.6 Å². The van der Waals surface area contributed by atoms with Gasteiger partial charge in [0.05, 0.1) is 11.6 Å². The largest absolute Gasteiger partial charge is 0.377 e. The Labute approximate surface area is 110 Å². The van der Waals surface area contributed by atoms with Crippen LogP contribution in [0, 0.1) is 5.82 Å². The summed E-state index contributed by atoms with van der Waals surface area (Å²) in [4.78, 5) is 0. The summed E-state index contributed by atoms with van der Waals surface area (Å²) in [6.45, 7) is 7.02. The number of hydrogen-bond acceptors (Lipinski definition) is 2. The van der Waals surface area contributed by atoms with Crippen molar-refractivity contribution in [1.29, 1.82) is 0 Å². The first-order valence-corrected chi connectivity index (χ1v) is 6.62. The van der Waals surface area contributed by atoms with Gasteiger partial charge in [0, 0.05) is 12.7 Å². The normalized spacial score (nSPS) is 16.3. The third kappa shape index (κ3) is 3.30. The number of benzene rings is 1. The van der Waals surface area contributed by atoms with Crippen LogP contribution in [0.4, 0.5) is 4.39 Å². The van der Waals surface area contributed by atoms with Crippen molar-refractivity contribution in [2.45, 2.75) is 45.3 Å². The van der Waals surface area contributed by atoms with Crippen LogP contribution in [0.2, 0.25) is 0 Å². The van der Waals surface area contributed by atoms with Crippen molar-refractivity contribution in [2.75, 3.05) is 13.7 Å². The van der Waals surface area contributed by atoms with E-state index in [-0.39, 0.29) is 11.9 Å². The molecule has 2 atom stereocenters. The zero-order valence-corrected chi connectivity index (χ0v) is 11.8. The van der Waals surface area contributed by atoms with Gasteiger partial charge in [-0.05, 0) is 32.4 Å². The van der Waals surface area contributed by atoms with Crippen LogP contribution in [0.15, 0.2) is 24.3 Å². The Kier molecular flexibility index (Phi) is 5.76. The fourth-order valence-corrected chi connectivity index (χ4v) is 2.12. The van der Waals surface area contributed by atoms with Crippen LogP contribution in [0.3, 0.4) is 0 Å². The number of halogens is 1. The number of nitrogens with one attached hydrogen (secondary N) is 1. The summed E-state index contributed by atoms with van der Waals surface area (Å²) in [5.74, 6) is -0.178. The maximum Gasteiger partial charge on any atom is 0.128 e. The molecular formula is C15H24FNO. The van der Waals surface area contributed by atoms with Crippen LogP contribution < -0.4 is 5.32 Å². The van der Waals surface area contributed by atoms with Gasteiger partial charge in [0.15, 0.2) is 0 Å². The highest BCUT2D eigenvalue weighted by molar-refractivity contribution is 5.24. The summed E-state index contributed by atoms with van der Waals surface area (Å²) in [7, 11) is 1.69. The van der Waals surface area contributed by atoms with Gasteiger partial charge in [-0.15, -0.1) is 0 Å². The van der Waals surface area contributed by atoms with E-state index in [4.69, 9.17) is 4.74 Å². The Hall–Kier alpha value is -0.930. The van der Waals surface area contributed by atoms with E-state index in [9.17, 15) is 4.39 Å². The Morgan fingerprint density at radius 2 is 2.00 bits per heavy atom. The molecule has 0 saturated carbocycles. The molecule has 2 unspecified atom stereocenters. The molecule has 0 heterocycles. The van der Waals surface area contributed by atoms with Crippen LogP contribution in [-0.2, 0) is 4.74 Å². The third-order valence-electron chi connectivity index (χ3n) is 3.59. The van der Waals surface area contributed by atoms with E-state index in [0.29, 0.717) is 5.56 Å². The average molecular weight is 253 g/mol. The molecular weight excluding hydrogens is 229 g/mol. The van der Waals surface area contributed by atoms with Gasteiger partial charge in [0.1, 0.15) is 5.82 Å². The summed E-state index contributed by atoms with van der Waals surface area (Å²) in [6.07, 6.45) is 1.83. The van der Waals surface area contributed by atoms with Crippen molar-refractivity contribution in [2.24, 2.45) is 0 Å². The van der Waals surface area contributed by atoms with Crippen molar-refractivity contribution in [3.8, 4) is 0 Å². The van der Waals surface area contributed by atoms with Crippen LogP contribution in [0.1, 0.15) is 45.2 Å². The molecule has 0 radical (unpaired) electrons. The van der Waals surface area contributed by atoms with Crippen LogP contribution in [-0.4, -0.2) is 19.3 Å². The predicted octanol–water partition coefficient (Wildman–Crippen LogP) is 3.68. The Bertz CT molecular complexity index is 363. The monoisotopic (exact) mass is 253 g/mol. The summed E-state index contributed by atoms with van der Waals surface area (Å²) in [5, 5.41) is 3.40. The van der Waals surface area contributed by atoms with E-state index in [1.807, 2.05) is 19.1 Å². The van der Waals surface area contributed by atoms with Gasteiger partial charge in [-0.1, -0.05) is 32.0 Å². The number of methoxy groups -OCH3 is 1. The lowest BCUT2D eigenvalue weighted by Gasteiger charge is -2.37. The minimum Gasteiger partial charge on any atom is -0.377 e. The lowest BCUT2D eigenvalue weighted by molar-refractivity contribution is -0.0308. The number of hydrogen-bond donors (Lipinski definition) is 1. The molecule has 1 aromatic rings. The molecule has 0 spiro atoms. The maximum atomic E-state index is 14.0. The molecule has 102 valence electrons. The van der Waals surface area contributed by atoms with E-state index >= 15 is 0 Å². The minimum atomic E-state index is -0.405. The fourth-order valence-electron chi connectivity index (χ4n) is 2.12. The summed E-state index contributed by atoms with van der Waals surface area (Å²) in [5.41, 5.74) is 0.273. The number of ether oxygens (including phenoxy) is 1. The SMILES string of the molecule is CCCNC(c1ccccc1F)C(C)(CC)OC. The van der Waals surface area contributed by atoms with Gasteiger partial charge < -0.3 is 10.1 Å². The van der Waals surface area contributed by atoms with Crippen LogP contribution in [0.5, 0.6) is 0 Å². The smallest absolute Gasteiger partial charge is 0.128 e. The highest BCUT2D eigenvalue weighted by Gasteiger charge is 2.34. The Morgan fingerprint density at radius 3 is 2.50 bits per heavy atom. The molecule has 0 aromatic heterocycles. The van der Waals surface area contributed by atoms with Crippen molar-refractivity contribution in [3.63, 3.8) is 0 Å². The zero-order chi connectivity index (χ0) is 13.6. The minimum absolute atomic E-state index is 0.131. The molecule has 18 heavy (non-hydrogen) atoms. The second-order valence-electron chi connectivity index (χ2n) is 4.78. The van der Waals surface area contributed by atoms with E-state index in [1.165, 1.54) is 6.07 Å². The molecule has 1 aromatic carbocycles. The van der Waals surface area contributed by atoms with E-state index in [0.717, 1.165) is 19.4 Å². The number of rotatable bonds is 7. The molecule has 0 amide bonds. The first kappa shape index (κ1) is 15.1. The van der Waals surface area contributed by atoms with Gasteiger partial charge in [-0.3, -0.25) is 0 Å². The van der Waals surface area contributed by atoms with E-state index < -0.39 is 5.60 Å². The van der Waals surface area contributed by atoms with E-state index in [1.54, 1.807) is 13.2 Å². The van der Waals surface area contributed by atoms with Crippen LogP contribution >= 0.6 is 0 Å². The highest BCUT2D eigenvalue weighted by atomic mass is 19.1. The van der Waals surface area contributed by atoms with E-state index in [2.05, 4.69) is 19.2 Å². The lowest BCUT2D eigenvalue weighted by atomic mass is 9.87.